The molecule has 0 aliphatic heterocycles. The van der Waals surface area contributed by atoms with Crippen molar-refractivity contribution in [1.29, 1.82) is 0 Å². The Hall–Kier alpha value is -1.43. The maximum absolute atomic E-state index is 11.7. The van der Waals surface area contributed by atoms with Crippen LogP contribution in [-0.4, -0.2) is 22.8 Å². The molecule has 2 rings (SSSR count). The van der Waals surface area contributed by atoms with Crippen LogP contribution in [-0.2, 0) is 9.59 Å². The Morgan fingerprint density at radius 3 is 2.78 bits per heavy atom. The summed E-state index contributed by atoms with van der Waals surface area (Å²) in [5.74, 6) is -0.762. The van der Waals surface area contributed by atoms with Crippen LogP contribution in [0.15, 0.2) is 11.6 Å². The fraction of sp³-hybridized carbons (Fsp3) is 0.583. The molecule has 0 bridgehead atoms. The lowest BCUT2D eigenvalue weighted by atomic mass is 9.86. The highest BCUT2D eigenvalue weighted by Crippen LogP contribution is 2.23. The van der Waals surface area contributed by atoms with Crippen LogP contribution in [0.1, 0.15) is 32.6 Å². The number of nitrogens with one attached hydrogen (secondary N) is 2. The molecule has 1 aliphatic carbocycles. The summed E-state index contributed by atoms with van der Waals surface area (Å²) in [5.41, 5.74) is 0. The molecule has 5 nitrogen and oxygen atoms in total. The molecule has 1 aliphatic rings. The third kappa shape index (κ3) is 3.29. The molecular weight excluding hydrogens is 250 g/mol. The highest BCUT2D eigenvalue weighted by molar-refractivity contribution is 7.13. The molecule has 2 N–H and O–H groups in total. The molecule has 1 fully saturated rings. The van der Waals surface area contributed by atoms with E-state index >= 15 is 0 Å². The van der Waals surface area contributed by atoms with Crippen molar-refractivity contribution in [2.45, 2.75) is 38.6 Å². The van der Waals surface area contributed by atoms with Gasteiger partial charge in [0.05, 0.1) is 0 Å². The number of aromatic nitrogens is 1. The van der Waals surface area contributed by atoms with Gasteiger partial charge in [0, 0.05) is 17.6 Å². The minimum atomic E-state index is -0.636. The normalized spacial score (nSPS) is 23.4. The Balaban J connectivity index is 1.85. The van der Waals surface area contributed by atoms with Gasteiger partial charge in [0.15, 0.2) is 5.13 Å². The number of anilines is 1. The molecule has 0 spiro atoms. The van der Waals surface area contributed by atoms with E-state index in [0.717, 1.165) is 19.3 Å². The number of thiazole rings is 1. The molecule has 1 saturated carbocycles. The molecule has 98 valence electrons. The van der Waals surface area contributed by atoms with Crippen LogP contribution in [0.25, 0.3) is 0 Å². The van der Waals surface area contributed by atoms with Crippen molar-refractivity contribution >= 4 is 28.3 Å². The predicted octanol–water partition coefficient (Wildman–Crippen LogP) is 1.78. The topological polar surface area (TPSA) is 71.1 Å². The zero-order valence-electron chi connectivity index (χ0n) is 10.3. The third-order valence-electron chi connectivity index (χ3n) is 3.29. The van der Waals surface area contributed by atoms with Crippen molar-refractivity contribution in [2.24, 2.45) is 5.92 Å². The number of hydrogen-bond donors (Lipinski definition) is 2. The lowest BCUT2D eigenvalue weighted by molar-refractivity contribution is -0.137. The smallest absolute Gasteiger partial charge is 0.315 e. The van der Waals surface area contributed by atoms with E-state index in [1.54, 1.807) is 11.6 Å². The van der Waals surface area contributed by atoms with Gasteiger partial charge in [0.1, 0.15) is 0 Å². The van der Waals surface area contributed by atoms with Gasteiger partial charge < -0.3 is 5.32 Å². The summed E-state index contributed by atoms with van der Waals surface area (Å²) in [6.07, 6.45) is 5.97. The second-order valence-corrected chi connectivity index (χ2v) is 5.53. The maximum Gasteiger partial charge on any atom is 0.315 e. The molecule has 2 amide bonds. The second kappa shape index (κ2) is 5.95. The van der Waals surface area contributed by atoms with Gasteiger partial charge in [-0.3, -0.25) is 14.9 Å². The number of hydrogen-bond acceptors (Lipinski definition) is 4. The van der Waals surface area contributed by atoms with E-state index in [2.05, 4.69) is 22.5 Å². The van der Waals surface area contributed by atoms with Crippen LogP contribution in [0.3, 0.4) is 0 Å². The summed E-state index contributed by atoms with van der Waals surface area (Å²) in [5, 5.41) is 7.49. The first-order chi connectivity index (χ1) is 8.66. The molecule has 1 aromatic heterocycles. The second-order valence-electron chi connectivity index (χ2n) is 4.63. The van der Waals surface area contributed by atoms with E-state index in [0.29, 0.717) is 11.0 Å². The first-order valence-corrected chi connectivity index (χ1v) is 7.06. The van der Waals surface area contributed by atoms with Crippen molar-refractivity contribution in [2.75, 3.05) is 5.32 Å². The van der Waals surface area contributed by atoms with Crippen LogP contribution in [0, 0.1) is 5.92 Å². The van der Waals surface area contributed by atoms with Gasteiger partial charge in [-0.15, -0.1) is 11.3 Å². The number of carbonyl (C=O) groups is 2. The van der Waals surface area contributed by atoms with E-state index in [1.165, 1.54) is 17.8 Å². The first kappa shape index (κ1) is 13.0. The van der Waals surface area contributed by atoms with Gasteiger partial charge in [-0.05, 0) is 18.8 Å². The van der Waals surface area contributed by atoms with E-state index in [1.807, 2.05) is 0 Å². The highest BCUT2D eigenvalue weighted by atomic mass is 32.1. The van der Waals surface area contributed by atoms with Crippen LogP contribution in [0.5, 0.6) is 0 Å². The first-order valence-electron chi connectivity index (χ1n) is 6.18. The summed E-state index contributed by atoms with van der Waals surface area (Å²) in [4.78, 5) is 27.3. The molecular formula is C12H17N3O2S. The molecule has 1 aromatic rings. The standard InChI is InChI=1S/C12H17N3O2S/c1-8-4-2-3-5-9(8)14-10(16)11(17)15-12-13-6-7-18-12/h6-9H,2-5H2,1H3,(H,14,16)(H,13,15,17)/t8-,9+/m0/s1. The quantitative estimate of drug-likeness (QED) is 0.802. The average molecular weight is 267 g/mol. The minimum absolute atomic E-state index is 0.119. The Bertz CT molecular complexity index is 419. The monoisotopic (exact) mass is 267 g/mol. The summed E-state index contributed by atoms with van der Waals surface area (Å²) in [7, 11) is 0. The predicted molar refractivity (Wildman–Crippen MR) is 70.3 cm³/mol. The summed E-state index contributed by atoms with van der Waals surface area (Å²) in [6.45, 7) is 2.11. The molecule has 6 heteroatoms. The number of carbonyl (C=O) groups excluding carboxylic acids is 2. The molecule has 2 atom stereocenters. The highest BCUT2D eigenvalue weighted by Gasteiger charge is 2.25. The van der Waals surface area contributed by atoms with Gasteiger partial charge in [-0.25, -0.2) is 4.98 Å². The lowest BCUT2D eigenvalue weighted by Crippen LogP contribution is -2.45. The van der Waals surface area contributed by atoms with Crippen LogP contribution in [0.2, 0.25) is 0 Å². The summed E-state index contributed by atoms with van der Waals surface area (Å²) >= 11 is 1.29. The molecule has 0 saturated heterocycles. The minimum Gasteiger partial charge on any atom is -0.345 e. The number of nitrogens with zero attached hydrogens (tertiary/aromatic N) is 1. The Kier molecular flexibility index (Phi) is 4.30. The van der Waals surface area contributed by atoms with Crippen molar-refractivity contribution in [3.05, 3.63) is 11.6 Å². The average Bonchev–Trinajstić information content (AvgIpc) is 2.84. The zero-order chi connectivity index (χ0) is 13.0. The third-order valence-corrected chi connectivity index (χ3v) is 3.98. The molecule has 0 aromatic carbocycles. The fourth-order valence-electron chi connectivity index (χ4n) is 2.20. The van der Waals surface area contributed by atoms with Crippen molar-refractivity contribution in [1.82, 2.24) is 10.3 Å². The van der Waals surface area contributed by atoms with Crippen molar-refractivity contribution in [3.63, 3.8) is 0 Å². The Morgan fingerprint density at radius 2 is 2.11 bits per heavy atom. The largest absolute Gasteiger partial charge is 0.345 e. The summed E-state index contributed by atoms with van der Waals surface area (Å²) < 4.78 is 0. The van der Waals surface area contributed by atoms with Gasteiger partial charge in [0.25, 0.3) is 0 Å². The van der Waals surface area contributed by atoms with Gasteiger partial charge in [0.2, 0.25) is 0 Å². The number of rotatable bonds is 2. The Labute approximate surface area is 110 Å². The molecule has 18 heavy (non-hydrogen) atoms. The van der Waals surface area contributed by atoms with Gasteiger partial charge in [-0.1, -0.05) is 19.8 Å². The van der Waals surface area contributed by atoms with Gasteiger partial charge >= 0.3 is 11.8 Å². The van der Waals surface area contributed by atoms with Crippen molar-refractivity contribution < 1.29 is 9.59 Å². The fourth-order valence-corrected chi connectivity index (χ4v) is 2.73. The maximum atomic E-state index is 11.7. The lowest BCUT2D eigenvalue weighted by Gasteiger charge is -2.29. The SMILES string of the molecule is C[C@H]1CCCC[C@H]1NC(=O)C(=O)Nc1nccs1. The van der Waals surface area contributed by atoms with E-state index in [-0.39, 0.29) is 6.04 Å². The number of amides is 2. The van der Waals surface area contributed by atoms with E-state index in [9.17, 15) is 9.59 Å². The van der Waals surface area contributed by atoms with Crippen molar-refractivity contribution in [3.8, 4) is 0 Å². The molecule has 1 heterocycles. The van der Waals surface area contributed by atoms with Crippen LogP contribution >= 0.6 is 11.3 Å². The zero-order valence-corrected chi connectivity index (χ0v) is 11.1. The van der Waals surface area contributed by atoms with Crippen LogP contribution in [0.4, 0.5) is 5.13 Å². The van der Waals surface area contributed by atoms with E-state index < -0.39 is 11.8 Å². The van der Waals surface area contributed by atoms with Crippen LogP contribution < -0.4 is 10.6 Å². The molecule has 0 unspecified atom stereocenters. The van der Waals surface area contributed by atoms with Gasteiger partial charge in [-0.2, -0.15) is 0 Å². The van der Waals surface area contributed by atoms with E-state index in [4.69, 9.17) is 0 Å². The Morgan fingerprint density at radius 1 is 1.33 bits per heavy atom. The summed E-state index contributed by atoms with van der Waals surface area (Å²) in [6, 6.07) is 0.119. The molecule has 0 radical (unpaired) electrons.